The van der Waals surface area contributed by atoms with Crippen molar-refractivity contribution in [2.24, 2.45) is 0 Å². The summed E-state index contributed by atoms with van der Waals surface area (Å²) in [4.78, 5) is 8.25. The van der Waals surface area contributed by atoms with E-state index in [4.69, 9.17) is 10.5 Å². The van der Waals surface area contributed by atoms with Gasteiger partial charge in [0.25, 0.3) is 0 Å². The summed E-state index contributed by atoms with van der Waals surface area (Å²) in [6.07, 6.45) is 3.89. The molecule has 4 heteroatoms. The topological polar surface area (TPSA) is 61.0 Å². The second kappa shape index (κ2) is 5.49. The smallest absolute Gasteiger partial charge is 0.131 e. The normalized spacial score (nSPS) is 10.3. The zero-order chi connectivity index (χ0) is 13.0. The minimum atomic E-state index is 0.562. The molecule has 0 aliphatic carbocycles. The molecule has 0 fully saturated rings. The SMILES string of the molecule is Cc1ccc(OCCc2ncc(N)cn2)cc1C. The fourth-order valence-electron chi connectivity index (χ4n) is 1.56. The molecule has 0 bridgehead atoms. The third-order valence-electron chi connectivity index (χ3n) is 2.80. The number of rotatable bonds is 4. The van der Waals surface area contributed by atoms with Gasteiger partial charge in [0, 0.05) is 6.42 Å². The van der Waals surface area contributed by atoms with E-state index in [0.717, 1.165) is 11.6 Å². The lowest BCUT2D eigenvalue weighted by Crippen LogP contribution is -2.05. The van der Waals surface area contributed by atoms with Crippen molar-refractivity contribution in [2.75, 3.05) is 12.3 Å². The van der Waals surface area contributed by atoms with Crippen LogP contribution in [0.1, 0.15) is 17.0 Å². The molecule has 0 unspecified atom stereocenters. The van der Waals surface area contributed by atoms with E-state index in [0.29, 0.717) is 18.7 Å². The summed E-state index contributed by atoms with van der Waals surface area (Å²) in [5.74, 6) is 1.63. The maximum Gasteiger partial charge on any atom is 0.131 e. The van der Waals surface area contributed by atoms with Gasteiger partial charge in [0.15, 0.2) is 0 Å². The molecule has 0 saturated carbocycles. The van der Waals surface area contributed by atoms with Crippen molar-refractivity contribution >= 4 is 5.69 Å². The van der Waals surface area contributed by atoms with Crippen LogP contribution in [0.3, 0.4) is 0 Å². The molecule has 1 heterocycles. The molecule has 18 heavy (non-hydrogen) atoms. The van der Waals surface area contributed by atoms with Crippen LogP contribution in [0.25, 0.3) is 0 Å². The monoisotopic (exact) mass is 243 g/mol. The highest BCUT2D eigenvalue weighted by atomic mass is 16.5. The maximum absolute atomic E-state index is 5.66. The molecule has 1 aromatic heterocycles. The molecule has 2 aromatic rings. The van der Waals surface area contributed by atoms with Gasteiger partial charge in [0.1, 0.15) is 11.6 Å². The first-order valence-electron chi connectivity index (χ1n) is 5.91. The molecule has 0 atom stereocenters. The van der Waals surface area contributed by atoms with E-state index in [2.05, 4.69) is 29.9 Å². The number of nitrogens with zero attached hydrogens (tertiary/aromatic N) is 2. The first kappa shape index (κ1) is 12.4. The van der Waals surface area contributed by atoms with Crippen molar-refractivity contribution in [3.8, 4) is 5.75 Å². The van der Waals surface area contributed by atoms with E-state index in [1.807, 2.05) is 12.1 Å². The second-order valence-corrected chi connectivity index (χ2v) is 4.28. The Labute approximate surface area is 107 Å². The zero-order valence-electron chi connectivity index (χ0n) is 10.7. The summed E-state index contributed by atoms with van der Waals surface area (Å²) in [5.41, 5.74) is 8.60. The average molecular weight is 243 g/mol. The van der Waals surface area contributed by atoms with Crippen LogP contribution >= 0.6 is 0 Å². The van der Waals surface area contributed by atoms with E-state index in [1.54, 1.807) is 12.4 Å². The number of nitrogen functional groups attached to an aromatic ring is 1. The largest absolute Gasteiger partial charge is 0.493 e. The number of benzene rings is 1. The molecule has 4 nitrogen and oxygen atoms in total. The Morgan fingerprint density at radius 3 is 2.50 bits per heavy atom. The average Bonchev–Trinajstić information content (AvgIpc) is 2.36. The van der Waals surface area contributed by atoms with Crippen LogP contribution in [0.15, 0.2) is 30.6 Å². The summed E-state index contributed by atoms with van der Waals surface area (Å²) in [7, 11) is 0. The zero-order valence-corrected chi connectivity index (χ0v) is 10.7. The summed E-state index contributed by atoms with van der Waals surface area (Å²) in [6.45, 7) is 4.72. The lowest BCUT2D eigenvalue weighted by Gasteiger charge is -2.07. The highest BCUT2D eigenvalue weighted by molar-refractivity contribution is 5.33. The number of nitrogens with two attached hydrogens (primary N) is 1. The van der Waals surface area contributed by atoms with Gasteiger partial charge < -0.3 is 10.5 Å². The molecule has 2 rings (SSSR count). The highest BCUT2D eigenvalue weighted by Crippen LogP contribution is 2.16. The second-order valence-electron chi connectivity index (χ2n) is 4.28. The van der Waals surface area contributed by atoms with Crippen LogP contribution in [-0.2, 0) is 6.42 Å². The Kier molecular flexibility index (Phi) is 3.77. The molecular weight excluding hydrogens is 226 g/mol. The highest BCUT2D eigenvalue weighted by Gasteiger charge is 1.99. The minimum Gasteiger partial charge on any atom is -0.493 e. The molecule has 0 saturated heterocycles. The number of ether oxygens (including phenoxy) is 1. The third-order valence-corrected chi connectivity index (χ3v) is 2.80. The number of anilines is 1. The molecule has 94 valence electrons. The van der Waals surface area contributed by atoms with Crippen molar-refractivity contribution < 1.29 is 4.74 Å². The Hall–Kier alpha value is -2.10. The van der Waals surface area contributed by atoms with Crippen LogP contribution in [-0.4, -0.2) is 16.6 Å². The molecule has 0 radical (unpaired) electrons. The van der Waals surface area contributed by atoms with Gasteiger partial charge in [-0.2, -0.15) is 0 Å². The number of aromatic nitrogens is 2. The molecule has 0 amide bonds. The Bertz CT molecular complexity index is 523. The standard InChI is InChI=1S/C14H17N3O/c1-10-3-4-13(7-11(10)2)18-6-5-14-16-8-12(15)9-17-14/h3-4,7-9H,5-6,15H2,1-2H3. The molecule has 2 N–H and O–H groups in total. The van der Waals surface area contributed by atoms with E-state index in [9.17, 15) is 0 Å². The van der Waals surface area contributed by atoms with E-state index < -0.39 is 0 Å². The van der Waals surface area contributed by atoms with Gasteiger partial charge in [-0.25, -0.2) is 9.97 Å². The van der Waals surface area contributed by atoms with Crippen LogP contribution < -0.4 is 10.5 Å². The van der Waals surface area contributed by atoms with E-state index in [1.165, 1.54) is 11.1 Å². The summed E-state index contributed by atoms with van der Waals surface area (Å²) in [5, 5.41) is 0. The Morgan fingerprint density at radius 1 is 1.11 bits per heavy atom. The van der Waals surface area contributed by atoms with E-state index in [-0.39, 0.29) is 0 Å². The molecular formula is C14H17N3O. The number of hydrogen-bond acceptors (Lipinski definition) is 4. The Morgan fingerprint density at radius 2 is 1.83 bits per heavy atom. The van der Waals surface area contributed by atoms with Crippen molar-refractivity contribution in [2.45, 2.75) is 20.3 Å². The lowest BCUT2D eigenvalue weighted by molar-refractivity contribution is 0.318. The van der Waals surface area contributed by atoms with Crippen molar-refractivity contribution in [1.29, 1.82) is 0 Å². The third kappa shape index (κ3) is 3.20. The van der Waals surface area contributed by atoms with Crippen molar-refractivity contribution in [1.82, 2.24) is 9.97 Å². The predicted octanol–water partition coefficient (Wildman–Crippen LogP) is 2.30. The molecule has 1 aromatic carbocycles. The molecule has 0 aliphatic heterocycles. The van der Waals surface area contributed by atoms with E-state index >= 15 is 0 Å². The summed E-state index contributed by atoms with van der Waals surface area (Å²) >= 11 is 0. The predicted molar refractivity (Wildman–Crippen MR) is 71.6 cm³/mol. The maximum atomic E-state index is 5.66. The number of hydrogen-bond donors (Lipinski definition) is 1. The van der Waals surface area contributed by atoms with Gasteiger partial charge in [-0.15, -0.1) is 0 Å². The van der Waals surface area contributed by atoms with Gasteiger partial charge in [-0.3, -0.25) is 0 Å². The number of aryl methyl sites for hydroxylation is 2. The minimum absolute atomic E-state index is 0.562. The van der Waals surface area contributed by atoms with Crippen LogP contribution in [0.2, 0.25) is 0 Å². The Balaban J connectivity index is 1.88. The van der Waals surface area contributed by atoms with Crippen LogP contribution in [0.5, 0.6) is 5.75 Å². The van der Waals surface area contributed by atoms with Crippen LogP contribution in [0.4, 0.5) is 5.69 Å². The fourth-order valence-corrected chi connectivity index (χ4v) is 1.56. The fraction of sp³-hybridized carbons (Fsp3) is 0.286. The van der Waals surface area contributed by atoms with Gasteiger partial charge >= 0.3 is 0 Å². The first-order chi connectivity index (χ1) is 8.65. The molecule has 0 spiro atoms. The quantitative estimate of drug-likeness (QED) is 0.895. The van der Waals surface area contributed by atoms with Gasteiger partial charge in [0.05, 0.1) is 24.7 Å². The summed E-state index contributed by atoms with van der Waals surface area (Å²) < 4.78 is 5.66. The van der Waals surface area contributed by atoms with Gasteiger partial charge in [-0.1, -0.05) is 6.07 Å². The molecule has 0 aliphatic rings. The van der Waals surface area contributed by atoms with Crippen molar-refractivity contribution in [3.05, 3.63) is 47.5 Å². The first-order valence-corrected chi connectivity index (χ1v) is 5.91. The van der Waals surface area contributed by atoms with Gasteiger partial charge in [0.2, 0.25) is 0 Å². The summed E-state index contributed by atoms with van der Waals surface area (Å²) in [6, 6.07) is 6.08. The van der Waals surface area contributed by atoms with Gasteiger partial charge in [-0.05, 0) is 37.1 Å². The van der Waals surface area contributed by atoms with Crippen molar-refractivity contribution in [3.63, 3.8) is 0 Å². The van der Waals surface area contributed by atoms with Crippen LogP contribution in [0, 0.1) is 13.8 Å². The lowest BCUT2D eigenvalue weighted by atomic mass is 10.1.